The zero-order valence-electron chi connectivity index (χ0n) is 15.7. The van der Waals surface area contributed by atoms with E-state index in [1.807, 2.05) is 17.0 Å². The van der Waals surface area contributed by atoms with Gasteiger partial charge in [-0.3, -0.25) is 9.69 Å². The molecule has 1 amide bonds. The van der Waals surface area contributed by atoms with Crippen molar-refractivity contribution >= 4 is 5.91 Å². The lowest BCUT2D eigenvalue weighted by Gasteiger charge is -2.35. The summed E-state index contributed by atoms with van der Waals surface area (Å²) in [6.07, 6.45) is 0.400. The van der Waals surface area contributed by atoms with Crippen LogP contribution in [-0.4, -0.2) is 47.0 Å². The van der Waals surface area contributed by atoms with Crippen molar-refractivity contribution in [1.82, 2.24) is 9.80 Å². The first-order chi connectivity index (χ1) is 12.5. The summed E-state index contributed by atoms with van der Waals surface area (Å²) in [5.74, 6) is 0.958. The van der Waals surface area contributed by atoms with Crippen LogP contribution < -0.4 is 0 Å². The van der Waals surface area contributed by atoms with Crippen molar-refractivity contribution in [3.05, 3.63) is 65.2 Å². The van der Waals surface area contributed by atoms with Gasteiger partial charge >= 0.3 is 0 Å². The molecule has 0 atom stereocenters. The van der Waals surface area contributed by atoms with E-state index >= 15 is 0 Å². The third kappa shape index (κ3) is 4.85. The summed E-state index contributed by atoms with van der Waals surface area (Å²) < 4.78 is 0. The molecule has 0 spiro atoms. The molecule has 0 aromatic heterocycles. The molecule has 4 heteroatoms. The molecule has 3 rings (SSSR count). The van der Waals surface area contributed by atoms with Crippen LogP contribution in [-0.2, 0) is 17.8 Å². The minimum Gasteiger partial charge on any atom is -0.508 e. The van der Waals surface area contributed by atoms with Crippen LogP contribution in [0.4, 0.5) is 0 Å². The predicted molar refractivity (Wildman–Crippen MR) is 104 cm³/mol. The number of aromatic hydroxyl groups is 1. The quantitative estimate of drug-likeness (QED) is 0.897. The van der Waals surface area contributed by atoms with Gasteiger partial charge in [0.05, 0.1) is 6.42 Å². The highest BCUT2D eigenvalue weighted by Gasteiger charge is 2.21. The number of phenols is 1. The molecule has 4 nitrogen and oxygen atoms in total. The molecule has 2 aromatic carbocycles. The maximum absolute atomic E-state index is 12.5. The Morgan fingerprint density at radius 2 is 1.50 bits per heavy atom. The Morgan fingerprint density at radius 1 is 0.923 bits per heavy atom. The largest absolute Gasteiger partial charge is 0.508 e. The molecule has 0 bridgehead atoms. The van der Waals surface area contributed by atoms with E-state index in [-0.39, 0.29) is 11.7 Å². The van der Waals surface area contributed by atoms with Crippen molar-refractivity contribution in [3.8, 4) is 5.75 Å². The lowest BCUT2D eigenvalue weighted by molar-refractivity contribution is -0.132. The fraction of sp³-hybridized carbons (Fsp3) is 0.409. The van der Waals surface area contributed by atoms with Crippen LogP contribution in [0.1, 0.15) is 36.5 Å². The molecule has 1 saturated heterocycles. The Morgan fingerprint density at radius 3 is 2.08 bits per heavy atom. The first-order valence-electron chi connectivity index (χ1n) is 9.38. The Hall–Kier alpha value is -2.33. The number of carbonyl (C=O) groups excluding carboxylic acids is 1. The first kappa shape index (κ1) is 18.5. The topological polar surface area (TPSA) is 43.8 Å². The highest BCUT2D eigenvalue weighted by Crippen LogP contribution is 2.17. The number of hydrogen-bond acceptors (Lipinski definition) is 3. The molecular formula is C22H28N2O2. The molecule has 1 heterocycles. The lowest BCUT2D eigenvalue weighted by Crippen LogP contribution is -2.48. The van der Waals surface area contributed by atoms with Crippen LogP contribution in [0.25, 0.3) is 0 Å². The molecule has 1 aliphatic heterocycles. The van der Waals surface area contributed by atoms with Gasteiger partial charge in [-0.15, -0.1) is 0 Å². The average molecular weight is 352 g/mol. The van der Waals surface area contributed by atoms with Crippen molar-refractivity contribution in [1.29, 1.82) is 0 Å². The summed E-state index contributed by atoms with van der Waals surface area (Å²) in [6.45, 7) is 8.74. The summed E-state index contributed by atoms with van der Waals surface area (Å²) >= 11 is 0. The summed E-state index contributed by atoms with van der Waals surface area (Å²) in [4.78, 5) is 16.8. The molecule has 1 N–H and O–H groups in total. The van der Waals surface area contributed by atoms with Gasteiger partial charge < -0.3 is 10.0 Å². The van der Waals surface area contributed by atoms with Gasteiger partial charge in [-0.05, 0) is 34.7 Å². The highest BCUT2D eigenvalue weighted by atomic mass is 16.3. The Labute approximate surface area is 156 Å². The van der Waals surface area contributed by atoms with Gasteiger partial charge in [0.15, 0.2) is 0 Å². The summed E-state index contributed by atoms with van der Waals surface area (Å²) in [5, 5.41) is 9.33. The van der Waals surface area contributed by atoms with Crippen molar-refractivity contribution in [2.75, 3.05) is 26.2 Å². The fourth-order valence-corrected chi connectivity index (χ4v) is 3.32. The molecule has 0 radical (unpaired) electrons. The molecule has 0 saturated carbocycles. The van der Waals surface area contributed by atoms with Gasteiger partial charge in [0.25, 0.3) is 0 Å². The average Bonchev–Trinajstić information content (AvgIpc) is 2.64. The molecule has 1 fully saturated rings. The second kappa shape index (κ2) is 8.37. The number of rotatable bonds is 5. The van der Waals surface area contributed by atoms with Crippen molar-refractivity contribution < 1.29 is 9.90 Å². The van der Waals surface area contributed by atoms with Gasteiger partial charge in [0.2, 0.25) is 5.91 Å². The number of hydrogen-bond donors (Lipinski definition) is 1. The maximum atomic E-state index is 12.5. The monoisotopic (exact) mass is 352 g/mol. The predicted octanol–water partition coefficient (Wildman–Crippen LogP) is 3.40. The highest BCUT2D eigenvalue weighted by molar-refractivity contribution is 5.78. The summed E-state index contributed by atoms with van der Waals surface area (Å²) in [6, 6.07) is 15.8. The van der Waals surface area contributed by atoms with Gasteiger partial charge in [0.1, 0.15) is 5.75 Å². The van der Waals surface area contributed by atoms with Crippen molar-refractivity contribution in [2.45, 2.75) is 32.7 Å². The van der Waals surface area contributed by atoms with E-state index in [0.29, 0.717) is 12.3 Å². The lowest BCUT2D eigenvalue weighted by atomic mass is 10.0. The van der Waals surface area contributed by atoms with Gasteiger partial charge in [-0.1, -0.05) is 50.2 Å². The van der Waals surface area contributed by atoms with E-state index in [4.69, 9.17) is 0 Å². The van der Waals surface area contributed by atoms with Gasteiger partial charge in [-0.2, -0.15) is 0 Å². The molecule has 26 heavy (non-hydrogen) atoms. The Balaban J connectivity index is 1.47. The summed E-state index contributed by atoms with van der Waals surface area (Å²) in [5.41, 5.74) is 3.65. The van der Waals surface area contributed by atoms with Crippen molar-refractivity contribution in [2.24, 2.45) is 0 Å². The van der Waals surface area contributed by atoms with E-state index in [2.05, 4.69) is 43.0 Å². The van der Waals surface area contributed by atoms with Crippen LogP contribution in [0.5, 0.6) is 5.75 Å². The minimum atomic E-state index is 0.164. The molecule has 2 aromatic rings. The van der Waals surface area contributed by atoms with Crippen LogP contribution >= 0.6 is 0 Å². The zero-order valence-corrected chi connectivity index (χ0v) is 15.7. The minimum absolute atomic E-state index is 0.164. The Kier molecular flexibility index (Phi) is 5.94. The number of nitrogens with zero attached hydrogens (tertiary/aromatic N) is 2. The van der Waals surface area contributed by atoms with E-state index in [1.54, 1.807) is 12.1 Å². The van der Waals surface area contributed by atoms with E-state index in [1.165, 1.54) is 11.1 Å². The SMILES string of the molecule is CC(C)c1ccc(CN2CCN(C(=O)Cc3ccc(O)cc3)CC2)cc1. The first-order valence-corrected chi connectivity index (χ1v) is 9.38. The van der Waals surface area contributed by atoms with E-state index in [0.717, 1.165) is 38.3 Å². The third-order valence-corrected chi connectivity index (χ3v) is 5.07. The second-order valence-electron chi connectivity index (χ2n) is 7.40. The maximum Gasteiger partial charge on any atom is 0.227 e. The zero-order chi connectivity index (χ0) is 18.5. The Bertz CT molecular complexity index is 715. The van der Waals surface area contributed by atoms with E-state index < -0.39 is 0 Å². The molecule has 0 unspecified atom stereocenters. The van der Waals surface area contributed by atoms with Crippen LogP contribution in [0, 0.1) is 0 Å². The van der Waals surface area contributed by atoms with Crippen molar-refractivity contribution in [3.63, 3.8) is 0 Å². The van der Waals surface area contributed by atoms with E-state index in [9.17, 15) is 9.90 Å². The van der Waals surface area contributed by atoms with Gasteiger partial charge in [-0.25, -0.2) is 0 Å². The number of amides is 1. The summed E-state index contributed by atoms with van der Waals surface area (Å²) in [7, 11) is 0. The normalized spacial score (nSPS) is 15.4. The molecular weight excluding hydrogens is 324 g/mol. The smallest absolute Gasteiger partial charge is 0.227 e. The number of benzene rings is 2. The number of piperazine rings is 1. The fourth-order valence-electron chi connectivity index (χ4n) is 3.32. The molecule has 0 aliphatic carbocycles. The third-order valence-electron chi connectivity index (χ3n) is 5.07. The van der Waals surface area contributed by atoms with Crippen LogP contribution in [0.3, 0.4) is 0 Å². The van der Waals surface area contributed by atoms with Gasteiger partial charge in [0, 0.05) is 32.7 Å². The number of carbonyl (C=O) groups is 1. The number of phenolic OH excluding ortho intramolecular Hbond substituents is 1. The standard InChI is InChI=1S/C22H28N2O2/c1-17(2)20-7-3-19(4-8-20)16-23-11-13-24(14-12-23)22(26)15-18-5-9-21(25)10-6-18/h3-10,17,25H,11-16H2,1-2H3. The molecule has 138 valence electrons. The molecule has 1 aliphatic rings. The second-order valence-corrected chi connectivity index (χ2v) is 7.40. The van der Waals surface area contributed by atoms with Crippen LogP contribution in [0.2, 0.25) is 0 Å². The van der Waals surface area contributed by atoms with Crippen LogP contribution in [0.15, 0.2) is 48.5 Å².